The lowest BCUT2D eigenvalue weighted by molar-refractivity contribution is 0.0953. The van der Waals surface area contributed by atoms with Crippen LogP contribution in [0.3, 0.4) is 0 Å². The molecule has 1 amide bonds. The van der Waals surface area contributed by atoms with Crippen LogP contribution in [-0.4, -0.2) is 51.4 Å². The molecule has 1 fully saturated rings. The minimum absolute atomic E-state index is 0.0268. The predicted octanol–water partition coefficient (Wildman–Crippen LogP) is 1.59. The van der Waals surface area contributed by atoms with Crippen molar-refractivity contribution in [3.05, 3.63) is 29.8 Å². The zero-order chi connectivity index (χ0) is 17.6. The normalized spacial score (nSPS) is 19.2. The molecule has 134 valence electrons. The molecular weight excluding hydrogens is 326 g/mol. The molecule has 1 aromatic rings. The van der Waals surface area contributed by atoms with E-state index in [4.69, 9.17) is 0 Å². The lowest BCUT2D eigenvalue weighted by Crippen LogP contribution is -2.41. The van der Waals surface area contributed by atoms with Crippen LogP contribution in [0.5, 0.6) is 0 Å². The van der Waals surface area contributed by atoms with Crippen molar-refractivity contribution in [2.45, 2.75) is 43.5 Å². The maximum atomic E-state index is 12.7. The molecule has 0 aromatic heterocycles. The van der Waals surface area contributed by atoms with E-state index in [0.717, 1.165) is 32.2 Å². The van der Waals surface area contributed by atoms with Crippen LogP contribution in [0, 0.1) is 0 Å². The molecule has 1 aromatic carbocycles. The molecule has 7 heteroatoms. The van der Waals surface area contributed by atoms with Gasteiger partial charge in [0.05, 0.1) is 4.90 Å². The molecule has 1 aliphatic heterocycles. The van der Waals surface area contributed by atoms with Crippen LogP contribution in [0.4, 0.5) is 0 Å². The second kappa shape index (κ2) is 8.60. The van der Waals surface area contributed by atoms with Crippen molar-refractivity contribution in [3.63, 3.8) is 0 Å². The van der Waals surface area contributed by atoms with Crippen molar-refractivity contribution in [2.24, 2.45) is 0 Å². The van der Waals surface area contributed by atoms with Gasteiger partial charge in [0.2, 0.25) is 10.0 Å². The minimum Gasteiger partial charge on any atom is -0.352 e. The van der Waals surface area contributed by atoms with Crippen molar-refractivity contribution < 1.29 is 13.2 Å². The van der Waals surface area contributed by atoms with Crippen LogP contribution in [0.2, 0.25) is 0 Å². The lowest BCUT2D eigenvalue weighted by Gasteiger charge is -2.32. The van der Waals surface area contributed by atoms with Gasteiger partial charge in [0.1, 0.15) is 0 Å². The average molecular weight is 353 g/mol. The number of rotatable bonds is 7. The Hall–Kier alpha value is -1.44. The molecule has 0 radical (unpaired) electrons. The Morgan fingerprint density at radius 1 is 1.21 bits per heavy atom. The van der Waals surface area contributed by atoms with E-state index in [0.29, 0.717) is 18.7 Å². The van der Waals surface area contributed by atoms with Crippen molar-refractivity contribution in [2.75, 3.05) is 26.7 Å². The fourth-order valence-electron chi connectivity index (χ4n) is 2.91. The van der Waals surface area contributed by atoms with Gasteiger partial charge in [-0.3, -0.25) is 4.79 Å². The van der Waals surface area contributed by atoms with Crippen molar-refractivity contribution >= 4 is 15.9 Å². The van der Waals surface area contributed by atoms with Crippen molar-refractivity contribution in [1.29, 1.82) is 0 Å². The van der Waals surface area contributed by atoms with Crippen molar-refractivity contribution in [3.8, 4) is 0 Å². The maximum absolute atomic E-state index is 12.7. The fourth-order valence-corrected chi connectivity index (χ4v) is 4.61. The molecule has 0 aliphatic carbocycles. The number of benzene rings is 1. The molecule has 1 atom stereocenters. The van der Waals surface area contributed by atoms with Crippen LogP contribution in [0.15, 0.2) is 29.2 Å². The summed E-state index contributed by atoms with van der Waals surface area (Å²) in [7, 11) is -1.62. The highest BCUT2D eigenvalue weighted by Crippen LogP contribution is 2.25. The number of carbonyl (C=O) groups excluding carboxylic acids is 1. The first-order valence-electron chi connectivity index (χ1n) is 8.51. The van der Waals surface area contributed by atoms with E-state index in [1.165, 1.54) is 12.1 Å². The molecule has 1 aliphatic rings. The number of hydrogen-bond donors (Lipinski definition) is 2. The van der Waals surface area contributed by atoms with Crippen LogP contribution in [-0.2, 0) is 10.0 Å². The number of nitrogens with zero attached hydrogens (tertiary/aromatic N) is 1. The third-order valence-electron chi connectivity index (χ3n) is 4.35. The highest BCUT2D eigenvalue weighted by molar-refractivity contribution is 7.89. The monoisotopic (exact) mass is 353 g/mol. The van der Waals surface area contributed by atoms with E-state index >= 15 is 0 Å². The van der Waals surface area contributed by atoms with E-state index in [2.05, 4.69) is 10.6 Å². The zero-order valence-corrected chi connectivity index (χ0v) is 15.2. The van der Waals surface area contributed by atoms with Gasteiger partial charge in [0.15, 0.2) is 0 Å². The van der Waals surface area contributed by atoms with Gasteiger partial charge in [-0.05, 0) is 64.0 Å². The lowest BCUT2D eigenvalue weighted by atomic mass is 10.1. The molecule has 1 saturated heterocycles. The van der Waals surface area contributed by atoms with Gasteiger partial charge in [0, 0.05) is 24.7 Å². The smallest absolute Gasteiger partial charge is 0.251 e. The first-order chi connectivity index (χ1) is 11.5. The summed E-state index contributed by atoms with van der Waals surface area (Å²) < 4.78 is 27.1. The van der Waals surface area contributed by atoms with Crippen LogP contribution >= 0.6 is 0 Å². The van der Waals surface area contributed by atoms with Gasteiger partial charge in [-0.2, -0.15) is 4.31 Å². The summed E-state index contributed by atoms with van der Waals surface area (Å²) in [4.78, 5) is 12.3. The highest BCUT2D eigenvalue weighted by Gasteiger charge is 2.30. The summed E-state index contributed by atoms with van der Waals surface area (Å²) in [5.41, 5.74) is 0.477. The van der Waals surface area contributed by atoms with E-state index in [1.54, 1.807) is 16.4 Å². The number of carbonyl (C=O) groups is 1. The first kappa shape index (κ1) is 18.9. The summed E-state index contributed by atoms with van der Waals surface area (Å²) >= 11 is 0. The Bertz CT molecular complexity index is 644. The molecule has 1 heterocycles. The number of amides is 1. The molecule has 24 heavy (non-hydrogen) atoms. The third kappa shape index (κ3) is 4.55. The topological polar surface area (TPSA) is 78.5 Å². The Labute approximate surface area is 144 Å². The molecule has 2 N–H and O–H groups in total. The summed E-state index contributed by atoms with van der Waals surface area (Å²) in [6.07, 6.45) is 3.71. The third-order valence-corrected chi connectivity index (χ3v) is 6.38. The Kier molecular flexibility index (Phi) is 6.77. The van der Waals surface area contributed by atoms with Crippen molar-refractivity contribution in [1.82, 2.24) is 14.9 Å². The summed E-state index contributed by atoms with van der Waals surface area (Å²) in [6, 6.07) is 6.24. The second-order valence-corrected chi connectivity index (χ2v) is 8.09. The van der Waals surface area contributed by atoms with Gasteiger partial charge in [-0.1, -0.05) is 6.42 Å². The summed E-state index contributed by atoms with van der Waals surface area (Å²) in [5.74, 6) is -0.179. The van der Waals surface area contributed by atoms with Gasteiger partial charge in [-0.15, -0.1) is 0 Å². The largest absolute Gasteiger partial charge is 0.352 e. The molecule has 0 saturated carbocycles. The quantitative estimate of drug-likeness (QED) is 0.730. The number of hydrogen-bond acceptors (Lipinski definition) is 4. The van der Waals surface area contributed by atoms with Gasteiger partial charge >= 0.3 is 0 Å². The maximum Gasteiger partial charge on any atom is 0.251 e. The number of nitrogens with one attached hydrogen (secondary N) is 2. The van der Waals surface area contributed by atoms with Crippen LogP contribution < -0.4 is 10.6 Å². The molecule has 2 rings (SSSR count). The Balaban J connectivity index is 2.04. The minimum atomic E-state index is -3.48. The average Bonchev–Trinajstić information content (AvgIpc) is 2.59. The Morgan fingerprint density at radius 3 is 2.54 bits per heavy atom. The van der Waals surface area contributed by atoms with Gasteiger partial charge in [0.25, 0.3) is 5.91 Å². The number of piperidine rings is 1. The summed E-state index contributed by atoms with van der Waals surface area (Å²) in [6.45, 7) is 3.94. The van der Waals surface area contributed by atoms with Crippen LogP contribution in [0.25, 0.3) is 0 Å². The molecule has 6 nitrogen and oxygen atoms in total. The second-order valence-electron chi connectivity index (χ2n) is 6.20. The molecule has 1 unspecified atom stereocenters. The molecular formula is C17H27N3O3S. The Morgan fingerprint density at radius 2 is 1.92 bits per heavy atom. The van der Waals surface area contributed by atoms with Gasteiger partial charge in [-0.25, -0.2) is 8.42 Å². The standard InChI is InChI=1S/C17H27N3O3S/c1-14-6-3-4-13-20(14)24(22,23)16-9-7-15(8-10-16)17(21)19-12-5-11-18-2/h7-10,14,18H,3-6,11-13H2,1-2H3,(H,19,21). The van der Waals surface area contributed by atoms with E-state index in [9.17, 15) is 13.2 Å². The first-order valence-corrected chi connectivity index (χ1v) is 9.95. The molecule has 0 spiro atoms. The number of sulfonamides is 1. The molecule has 0 bridgehead atoms. The predicted molar refractivity (Wildman–Crippen MR) is 94.5 cm³/mol. The summed E-state index contributed by atoms with van der Waals surface area (Å²) in [5, 5.41) is 5.84. The van der Waals surface area contributed by atoms with Gasteiger partial charge < -0.3 is 10.6 Å². The van der Waals surface area contributed by atoms with E-state index in [1.807, 2.05) is 14.0 Å². The van der Waals surface area contributed by atoms with E-state index in [-0.39, 0.29) is 16.8 Å². The fraction of sp³-hybridized carbons (Fsp3) is 0.588. The SMILES string of the molecule is CNCCCNC(=O)c1ccc(S(=O)(=O)N2CCCCC2C)cc1. The van der Waals surface area contributed by atoms with E-state index < -0.39 is 10.0 Å². The zero-order valence-electron chi connectivity index (χ0n) is 14.4. The highest BCUT2D eigenvalue weighted by atomic mass is 32.2. The van der Waals surface area contributed by atoms with Crippen LogP contribution in [0.1, 0.15) is 43.0 Å².